The molecule has 9 heteroatoms. The van der Waals surface area contributed by atoms with Crippen molar-refractivity contribution in [1.29, 1.82) is 0 Å². The highest BCUT2D eigenvalue weighted by atomic mass is 79.9. The highest BCUT2D eigenvalue weighted by Crippen LogP contribution is 2.28. The molecule has 0 atom stereocenters. The topological polar surface area (TPSA) is 111 Å². The van der Waals surface area contributed by atoms with Crippen LogP contribution in [0.15, 0.2) is 52.6 Å². The van der Waals surface area contributed by atoms with Gasteiger partial charge in [0.05, 0.1) is 9.40 Å². The number of hydrogen-bond donors (Lipinski definition) is 2. The SMILES string of the molecule is O=C1NC(=O)/C(=C\c2ccc(OCc3cccc([N+](=O)[O-])c3)c(Br)c2)N1. The van der Waals surface area contributed by atoms with Crippen molar-refractivity contribution in [3.63, 3.8) is 0 Å². The fourth-order valence-corrected chi connectivity index (χ4v) is 2.80. The summed E-state index contributed by atoms with van der Waals surface area (Å²) in [4.78, 5) is 33.0. The van der Waals surface area contributed by atoms with Gasteiger partial charge in [-0.15, -0.1) is 0 Å². The van der Waals surface area contributed by atoms with Crippen LogP contribution >= 0.6 is 15.9 Å². The van der Waals surface area contributed by atoms with Crippen LogP contribution in [0.25, 0.3) is 6.08 Å². The third kappa shape index (κ3) is 4.06. The zero-order valence-electron chi connectivity index (χ0n) is 13.2. The van der Waals surface area contributed by atoms with Crippen LogP contribution in [0.4, 0.5) is 10.5 Å². The van der Waals surface area contributed by atoms with Gasteiger partial charge in [0.1, 0.15) is 18.1 Å². The lowest BCUT2D eigenvalue weighted by Gasteiger charge is -2.09. The number of urea groups is 1. The van der Waals surface area contributed by atoms with Gasteiger partial charge in [-0.1, -0.05) is 18.2 Å². The molecule has 8 nitrogen and oxygen atoms in total. The number of non-ortho nitro benzene ring substituents is 1. The number of imide groups is 1. The first-order valence-corrected chi connectivity index (χ1v) is 8.21. The van der Waals surface area contributed by atoms with Crippen LogP contribution in [0.3, 0.4) is 0 Å². The molecule has 1 aliphatic rings. The molecule has 3 rings (SSSR count). The second-order valence-corrected chi connectivity index (χ2v) is 6.23. The molecular weight excluding hydrogens is 406 g/mol. The van der Waals surface area contributed by atoms with E-state index in [1.54, 1.807) is 30.3 Å². The lowest BCUT2D eigenvalue weighted by Crippen LogP contribution is -2.22. The van der Waals surface area contributed by atoms with Crippen molar-refractivity contribution in [1.82, 2.24) is 10.6 Å². The molecule has 0 aliphatic carbocycles. The minimum absolute atomic E-state index is 0.00373. The number of hydrogen-bond acceptors (Lipinski definition) is 5. The Morgan fingerprint density at radius 3 is 2.62 bits per heavy atom. The van der Waals surface area contributed by atoms with Crippen LogP contribution in [0.5, 0.6) is 5.75 Å². The lowest BCUT2D eigenvalue weighted by molar-refractivity contribution is -0.384. The molecule has 132 valence electrons. The third-order valence-corrected chi connectivity index (χ3v) is 4.12. The van der Waals surface area contributed by atoms with Gasteiger partial charge in [0.2, 0.25) is 0 Å². The van der Waals surface area contributed by atoms with E-state index < -0.39 is 16.9 Å². The summed E-state index contributed by atoms with van der Waals surface area (Å²) in [6.07, 6.45) is 1.54. The van der Waals surface area contributed by atoms with Crippen molar-refractivity contribution in [3.8, 4) is 5.75 Å². The molecule has 0 spiro atoms. The summed E-state index contributed by atoms with van der Waals surface area (Å²) in [5, 5.41) is 15.3. The van der Waals surface area contributed by atoms with E-state index in [1.807, 2.05) is 0 Å². The van der Waals surface area contributed by atoms with Crippen molar-refractivity contribution in [2.45, 2.75) is 6.61 Å². The predicted molar refractivity (Wildman–Crippen MR) is 96.2 cm³/mol. The van der Waals surface area contributed by atoms with Crippen LogP contribution in [-0.2, 0) is 11.4 Å². The molecule has 0 saturated carbocycles. The molecule has 2 aromatic rings. The molecule has 0 radical (unpaired) electrons. The van der Waals surface area contributed by atoms with Gasteiger partial charge in [-0.2, -0.15) is 0 Å². The number of benzene rings is 2. The Balaban J connectivity index is 1.71. The summed E-state index contributed by atoms with van der Waals surface area (Å²) in [7, 11) is 0. The van der Waals surface area contributed by atoms with E-state index in [2.05, 4.69) is 26.6 Å². The number of nitro benzene ring substituents is 1. The number of nitro groups is 1. The van der Waals surface area contributed by atoms with Gasteiger partial charge in [0.15, 0.2) is 0 Å². The maximum Gasteiger partial charge on any atom is 0.326 e. The second kappa shape index (κ2) is 7.36. The summed E-state index contributed by atoms with van der Waals surface area (Å²) in [5.41, 5.74) is 1.52. The van der Waals surface area contributed by atoms with Crippen LogP contribution in [-0.4, -0.2) is 16.9 Å². The summed E-state index contributed by atoms with van der Waals surface area (Å²) in [5.74, 6) is 0.0516. The first-order chi connectivity index (χ1) is 12.4. The molecule has 0 aromatic heterocycles. The molecule has 26 heavy (non-hydrogen) atoms. The van der Waals surface area contributed by atoms with E-state index in [0.717, 1.165) is 0 Å². The zero-order chi connectivity index (χ0) is 18.7. The van der Waals surface area contributed by atoms with Crippen LogP contribution < -0.4 is 15.4 Å². The number of nitrogens with zero attached hydrogens (tertiary/aromatic N) is 1. The average molecular weight is 418 g/mol. The minimum Gasteiger partial charge on any atom is -0.488 e. The van der Waals surface area contributed by atoms with Crippen molar-refractivity contribution in [2.24, 2.45) is 0 Å². The summed E-state index contributed by atoms with van der Waals surface area (Å²) < 4.78 is 6.32. The molecule has 1 aliphatic heterocycles. The molecule has 0 unspecified atom stereocenters. The van der Waals surface area contributed by atoms with Crippen molar-refractivity contribution in [2.75, 3.05) is 0 Å². The van der Waals surface area contributed by atoms with Crippen molar-refractivity contribution in [3.05, 3.63) is 73.9 Å². The molecule has 1 saturated heterocycles. The normalized spacial score (nSPS) is 14.9. The maximum absolute atomic E-state index is 11.5. The van der Waals surface area contributed by atoms with Crippen molar-refractivity contribution >= 4 is 39.6 Å². The third-order valence-electron chi connectivity index (χ3n) is 3.50. The number of ether oxygens (including phenoxy) is 1. The van der Waals surface area contributed by atoms with E-state index >= 15 is 0 Å². The van der Waals surface area contributed by atoms with Gasteiger partial charge >= 0.3 is 6.03 Å². The van der Waals surface area contributed by atoms with Crippen LogP contribution in [0.2, 0.25) is 0 Å². The molecule has 2 N–H and O–H groups in total. The fourth-order valence-electron chi connectivity index (χ4n) is 2.29. The lowest BCUT2D eigenvalue weighted by atomic mass is 10.2. The van der Waals surface area contributed by atoms with E-state index in [-0.39, 0.29) is 18.0 Å². The Bertz CT molecular complexity index is 942. The summed E-state index contributed by atoms with van der Waals surface area (Å²) in [6.45, 7) is 0.166. The van der Waals surface area contributed by atoms with Gasteiger partial charge in [0.25, 0.3) is 11.6 Å². The molecular formula is C17H12BrN3O5. The highest BCUT2D eigenvalue weighted by Gasteiger charge is 2.22. The number of carbonyl (C=O) groups is 2. The van der Waals surface area contributed by atoms with E-state index in [4.69, 9.17) is 4.74 Å². The van der Waals surface area contributed by atoms with E-state index in [1.165, 1.54) is 18.2 Å². The minimum atomic E-state index is -0.558. The number of halogens is 1. The zero-order valence-corrected chi connectivity index (χ0v) is 14.8. The van der Waals surface area contributed by atoms with Gasteiger partial charge < -0.3 is 10.1 Å². The molecule has 2 aromatic carbocycles. The average Bonchev–Trinajstić information content (AvgIpc) is 2.91. The number of carbonyl (C=O) groups excluding carboxylic acids is 2. The number of nitrogens with one attached hydrogen (secondary N) is 2. The Labute approximate surface area is 156 Å². The Hall–Kier alpha value is -3.20. The highest BCUT2D eigenvalue weighted by molar-refractivity contribution is 9.10. The molecule has 0 bridgehead atoms. The smallest absolute Gasteiger partial charge is 0.326 e. The summed E-state index contributed by atoms with van der Waals surface area (Å²) in [6, 6.07) is 10.8. The first-order valence-electron chi connectivity index (χ1n) is 7.42. The Morgan fingerprint density at radius 1 is 1.15 bits per heavy atom. The molecule has 1 fully saturated rings. The quantitative estimate of drug-likeness (QED) is 0.336. The predicted octanol–water partition coefficient (Wildman–Crippen LogP) is 3.12. The van der Waals surface area contributed by atoms with Gasteiger partial charge in [0, 0.05) is 12.1 Å². The van der Waals surface area contributed by atoms with Gasteiger partial charge in [-0.3, -0.25) is 20.2 Å². The molecule has 1 heterocycles. The monoisotopic (exact) mass is 417 g/mol. The van der Waals surface area contributed by atoms with Crippen molar-refractivity contribution < 1.29 is 19.2 Å². The Morgan fingerprint density at radius 2 is 1.96 bits per heavy atom. The first kappa shape index (κ1) is 17.6. The van der Waals surface area contributed by atoms with Gasteiger partial charge in [-0.05, 0) is 45.3 Å². The van der Waals surface area contributed by atoms with E-state index in [9.17, 15) is 19.7 Å². The van der Waals surface area contributed by atoms with Crippen LogP contribution in [0.1, 0.15) is 11.1 Å². The molecule has 3 amide bonds. The second-order valence-electron chi connectivity index (χ2n) is 5.37. The maximum atomic E-state index is 11.5. The standard InChI is InChI=1S/C17H12BrN3O5/c18-13-7-10(8-14-16(22)20-17(23)19-14)4-5-15(13)26-9-11-2-1-3-12(6-11)21(24)25/h1-8H,9H2,(H2,19,20,22,23)/b14-8+. The van der Waals surface area contributed by atoms with Crippen LogP contribution in [0, 0.1) is 10.1 Å². The largest absolute Gasteiger partial charge is 0.488 e. The van der Waals surface area contributed by atoms with E-state index in [0.29, 0.717) is 21.3 Å². The summed E-state index contributed by atoms with van der Waals surface area (Å²) >= 11 is 3.38. The number of rotatable bonds is 5. The number of amides is 3. The fraction of sp³-hybridized carbons (Fsp3) is 0.0588. The van der Waals surface area contributed by atoms with Gasteiger partial charge in [-0.25, -0.2) is 4.79 Å². The Kier molecular flexibility index (Phi) is 4.99.